The third-order valence-corrected chi connectivity index (χ3v) is 2.58. The predicted molar refractivity (Wildman–Crippen MR) is 67.6 cm³/mol. The van der Waals surface area contributed by atoms with Crippen molar-refractivity contribution in [1.82, 2.24) is 5.32 Å². The zero-order valence-corrected chi connectivity index (χ0v) is 10.5. The molecule has 0 saturated carbocycles. The highest BCUT2D eigenvalue weighted by molar-refractivity contribution is 6.41. The van der Waals surface area contributed by atoms with Crippen LogP contribution in [0.5, 0.6) is 5.75 Å². The smallest absolute Gasteiger partial charge is 0.316 e. The number of carbonyl (C=O) groups excluding carboxylic acids is 2. The van der Waals surface area contributed by atoms with Crippen molar-refractivity contribution in [3.8, 4) is 5.75 Å². The highest BCUT2D eigenvalue weighted by Crippen LogP contribution is 2.29. The van der Waals surface area contributed by atoms with Gasteiger partial charge in [0.2, 0.25) is 0 Å². The number of hydrogen-bond donors (Lipinski definition) is 1. The minimum atomic E-state index is -0.569. The summed E-state index contributed by atoms with van der Waals surface area (Å²) in [5.41, 5.74) is 0.644. The van der Waals surface area contributed by atoms with E-state index in [0.29, 0.717) is 24.5 Å². The summed E-state index contributed by atoms with van der Waals surface area (Å²) < 4.78 is 5.66. The Hall–Kier alpha value is -2.04. The van der Waals surface area contributed by atoms with Crippen molar-refractivity contribution in [1.29, 1.82) is 0 Å². The van der Waals surface area contributed by atoms with Crippen molar-refractivity contribution in [3.63, 3.8) is 0 Å². The monoisotopic (exact) mass is 248 g/mol. The largest absolute Gasteiger partial charge is 0.489 e. The van der Waals surface area contributed by atoms with Crippen LogP contribution in [0.15, 0.2) is 24.3 Å². The zero-order valence-electron chi connectivity index (χ0n) is 10.5. The third-order valence-electron chi connectivity index (χ3n) is 2.58. The van der Waals surface area contributed by atoms with E-state index in [9.17, 15) is 9.59 Å². The summed E-state index contributed by atoms with van der Waals surface area (Å²) >= 11 is 0. The van der Waals surface area contributed by atoms with Crippen LogP contribution in [0.3, 0.4) is 0 Å². The van der Waals surface area contributed by atoms with E-state index >= 15 is 0 Å². The van der Waals surface area contributed by atoms with Crippen LogP contribution in [0.1, 0.15) is 13.8 Å². The fourth-order valence-corrected chi connectivity index (χ4v) is 1.84. The first-order valence-corrected chi connectivity index (χ1v) is 5.95. The molecule has 0 atom stereocenters. The molecule has 0 spiro atoms. The molecule has 1 N–H and O–H groups in total. The van der Waals surface area contributed by atoms with Gasteiger partial charge in [-0.1, -0.05) is 12.1 Å². The number of anilines is 1. The lowest BCUT2D eigenvalue weighted by atomic mass is 10.2. The Kier molecular flexibility index (Phi) is 3.50. The first-order valence-electron chi connectivity index (χ1n) is 5.95. The number of benzene rings is 1. The summed E-state index contributed by atoms with van der Waals surface area (Å²) in [6.45, 7) is 4.76. The molecule has 1 saturated heterocycles. The number of nitrogens with one attached hydrogen (secondary N) is 1. The minimum Gasteiger partial charge on any atom is -0.489 e. The molecular formula is C13H16N2O3. The van der Waals surface area contributed by atoms with E-state index in [1.807, 2.05) is 26.0 Å². The van der Waals surface area contributed by atoms with Gasteiger partial charge in [0.25, 0.3) is 0 Å². The van der Waals surface area contributed by atoms with Crippen molar-refractivity contribution < 1.29 is 14.3 Å². The number of para-hydroxylation sites is 2. The predicted octanol–water partition coefficient (Wildman–Crippen LogP) is 0.937. The Morgan fingerprint density at radius 2 is 2.00 bits per heavy atom. The van der Waals surface area contributed by atoms with E-state index < -0.39 is 11.8 Å². The number of hydrogen-bond acceptors (Lipinski definition) is 3. The van der Waals surface area contributed by atoms with Gasteiger partial charge in [0.15, 0.2) is 0 Å². The van der Waals surface area contributed by atoms with E-state index in [0.717, 1.165) is 0 Å². The average Bonchev–Trinajstić information content (AvgIpc) is 2.33. The molecule has 1 aromatic rings. The lowest BCUT2D eigenvalue weighted by molar-refractivity contribution is -0.138. The molecule has 1 aliphatic heterocycles. The van der Waals surface area contributed by atoms with Gasteiger partial charge in [0.05, 0.1) is 11.8 Å². The van der Waals surface area contributed by atoms with E-state index in [1.165, 1.54) is 4.90 Å². The first kappa shape index (κ1) is 12.4. The number of carbonyl (C=O) groups is 2. The van der Waals surface area contributed by atoms with Crippen molar-refractivity contribution in [2.24, 2.45) is 0 Å². The molecule has 5 heteroatoms. The summed E-state index contributed by atoms with van der Waals surface area (Å²) in [6.07, 6.45) is 0.0138. The second-order valence-electron chi connectivity index (χ2n) is 4.35. The van der Waals surface area contributed by atoms with Gasteiger partial charge in [-0.15, -0.1) is 0 Å². The van der Waals surface area contributed by atoms with E-state index in [4.69, 9.17) is 4.74 Å². The molecule has 1 aliphatic rings. The third kappa shape index (κ3) is 2.45. The van der Waals surface area contributed by atoms with Crippen LogP contribution in [-0.4, -0.2) is 31.0 Å². The Balaban J connectivity index is 2.32. The van der Waals surface area contributed by atoms with Gasteiger partial charge in [0, 0.05) is 13.1 Å². The Labute approximate surface area is 106 Å². The van der Waals surface area contributed by atoms with Gasteiger partial charge in [-0.05, 0) is 26.0 Å². The van der Waals surface area contributed by atoms with Gasteiger partial charge in [-0.3, -0.25) is 14.5 Å². The topological polar surface area (TPSA) is 58.6 Å². The molecule has 1 fully saturated rings. The molecule has 2 amide bonds. The van der Waals surface area contributed by atoms with Crippen LogP contribution in [0.25, 0.3) is 0 Å². The number of nitrogens with zero attached hydrogens (tertiary/aromatic N) is 1. The molecule has 0 bridgehead atoms. The van der Waals surface area contributed by atoms with E-state index in [-0.39, 0.29) is 6.10 Å². The van der Waals surface area contributed by atoms with Crippen LogP contribution < -0.4 is 15.0 Å². The molecule has 96 valence electrons. The van der Waals surface area contributed by atoms with Crippen molar-refractivity contribution >= 4 is 17.5 Å². The van der Waals surface area contributed by atoms with Crippen LogP contribution in [0.4, 0.5) is 5.69 Å². The van der Waals surface area contributed by atoms with Gasteiger partial charge >= 0.3 is 11.8 Å². The first-order chi connectivity index (χ1) is 8.59. The lowest BCUT2D eigenvalue weighted by Crippen LogP contribution is -2.52. The van der Waals surface area contributed by atoms with Crippen LogP contribution in [0.2, 0.25) is 0 Å². The highest BCUT2D eigenvalue weighted by atomic mass is 16.5. The maximum Gasteiger partial charge on any atom is 0.316 e. The van der Waals surface area contributed by atoms with E-state index in [2.05, 4.69) is 5.32 Å². The quantitative estimate of drug-likeness (QED) is 0.810. The Bertz CT molecular complexity index is 471. The maximum atomic E-state index is 11.8. The fraction of sp³-hybridized carbons (Fsp3) is 0.385. The molecule has 2 rings (SSSR count). The number of amides is 2. The summed E-state index contributed by atoms with van der Waals surface area (Å²) in [5, 5.41) is 2.52. The average molecular weight is 248 g/mol. The molecule has 5 nitrogen and oxygen atoms in total. The van der Waals surface area contributed by atoms with Crippen molar-refractivity contribution in [2.45, 2.75) is 20.0 Å². The highest BCUT2D eigenvalue weighted by Gasteiger charge is 2.29. The van der Waals surface area contributed by atoms with Crippen molar-refractivity contribution in [2.75, 3.05) is 18.0 Å². The molecule has 0 unspecified atom stereocenters. The molecule has 0 aromatic heterocycles. The van der Waals surface area contributed by atoms with Crippen molar-refractivity contribution in [3.05, 3.63) is 24.3 Å². The summed E-state index contributed by atoms with van der Waals surface area (Å²) in [5.74, 6) is -0.489. The molecule has 1 heterocycles. The van der Waals surface area contributed by atoms with Gasteiger partial charge < -0.3 is 10.1 Å². The van der Waals surface area contributed by atoms with E-state index in [1.54, 1.807) is 12.1 Å². The number of ether oxygens (including phenoxy) is 1. The van der Waals surface area contributed by atoms with Crippen LogP contribution >= 0.6 is 0 Å². The molecule has 0 radical (unpaired) electrons. The SMILES string of the molecule is CC(C)Oc1ccccc1N1CCNC(=O)C1=O. The fourth-order valence-electron chi connectivity index (χ4n) is 1.84. The minimum absolute atomic E-state index is 0.0138. The number of piperazine rings is 1. The lowest BCUT2D eigenvalue weighted by Gasteiger charge is -2.28. The van der Waals surface area contributed by atoms with Gasteiger partial charge in [0.1, 0.15) is 5.75 Å². The zero-order chi connectivity index (χ0) is 13.1. The molecular weight excluding hydrogens is 232 g/mol. The summed E-state index contributed by atoms with van der Waals surface area (Å²) in [4.78, 5) is 24.6. The molecule has 1 aromatic carbocycles. The standard InChI is InChI=1S/C13H16N2O3/c1-9(2)18-11-6-4-3-5-10(11)15-8-7-14-12(16)13(15)17/h3-6,9H,7-8H2,1-2H3,(H,14,16). The molecule has 0 aliphatic carbocycles. The second-order valence-corrected chi connectivity index (χ2v) is 4.35. The maximum absolute atomic E-state index is 11.8. The summed E-state index contributed by atoms with van der Waals surface area (Å²) in [7, 11) is 0. The number of rotatable bonds is 3. The molecule has 18 heavy (non-hydrogen) atoms. The van der Waals surface area contributed by atoms with Crippen LogP contribution in [0, 0.1) is 0 Å². The normalized spacial score (nSPS) is 15.8. The second kappa shape index (κ2) is 5.08. The van der Waals surface area contributed by atoms with Gasteiger partial charge in [-0.25, -0.2) is 0 Å². The Morgan fingerprint density at radius 3 is 2.72 bits per heavy atom. The summed E-state index contributed by atoms with van der Waals surface area (Å²) in [6, 6.07) is 7.25. The Morgan fingerprint density at radius 1 is 1.28 bits per heavy atom. The van der Waals surface area contributed by atoms with Gasteiger partial charge in [-0.2, -0.15) is 0 Å². The van der Waals surface area contributed by atoms with Crippen LogP contribution in [-0.2, 0) is 9.59 Å².